The van der Waals surface area contributed by atoms with E-state index in [-0.39, 0.29) is 12.0 Å². The first-order valence-corrected chi connectivity index (χ1v) is 11.2. The van der Waals surface area contributed by atoms with Gasteiger partial charge in [0.05, 0.1) is 0 Å². The molecule has 7 nitrogen and oxygen atoms in total. The third-order valence-corrected chi connectivity index (χ3v) is 6.15. The second kappa shape index (κ2) is 10.4. The Kier molecular flexibility index (Phi) is 7.97. The number of ether oxygens (including phenoxy) is 1. The van der Waals surface area contributed by atoms with Gasteiger partial charge in [0.2, 0.25) is 0 Å². The van der Waals surface area contributed by atoms with Crippen molar-refractivity contribution in [3.05, 3.63) is 0 Å². The first-order chi connectivity index (χ1) is 13.6. The lowest BCUT2D eigenvalue weighted by molar-refractivity contribution is -0.142. The minimum atomic E-state index is -0.206. The average molecular weight is 394 g/mol. The van der Waals surface area contributed by atoms with Crippen molar-refractivity contribution in [1.82, 2.24) is 20.0 Å². The van der Waals surface area contributed by atoms with Crippen LogP contribution in [0.4, 0.5) is 0 Å². The Balaban J connectivity index is 1.46. The number of carbonyl (C=O) groups excluding carboxylic acids is 1. The highest BCUT2D eigenvalue weighted by atomic mass is 16.5. The van der Waals surface area contributed by atoms with Gasteiger partial charge in [0.25, 0.3) is 5.91 Å². The molecule has 0 radical (unpaired) electrons. The zero-order valence-electron chi connectivity index (χ0n) is 18.0. The number of piperidine rings is 1. The second-order valence-corrected chi connectivity index (χ2v) is 8.78. The van der Waals surface area contributed by atoms with E-state index in [0.717, 1.165) is 58.1 Å². The summed E-state index contributed by atoms with van der Waals surface area (Å²) in [5.41, 5.74) is 0. The molecular weight excluding hydrogens is 354 g/mol. The monoisotopic (exact) mass is 393 g/mol. The normalized spacial score (nSPS) is 27.5. The van der Waals surface area contributed by atoms with E-state index in [1.165, 1.54) is 32.4 Å². The van der Waals surface area contributed by atoms with Crippen molar-refractivity contribution in [2.75, 3.05) is 59.5 Å². The molecule has 1 amide bonds. The van der Waals surface area contributed by atoms with Crippen LogP contribution in [0.3, 0.4) is 0 Å². The summed E-state index contributed by atoms with van der Waals surface area (Å²) < 4.78 is 5.56. The van der Waals surface area contributed by atoms with E-state index in [9.17, 15) is 4.79 Å². The number of amides is 1. The average Bonchev–Trinajstić information content (AvgIpc) is 3.24. The Morgan fingerprint density at radius 2 is 1.82 bits per heavy atom. The summed E-state index contributed by atoms with van der Waals surface area (Å²) in [6.07, 6.45) is 5.57. The van der Waals surface area contributed by atoms with Crippen molar-refractivity contribution >= 4 is 11.9 Å². The molecule has 0 saturated carbocycles. The number of rotatable bonds is 5. The smallest absolute Gasteiger partial charge is 0.251 e. The molecule has 2 unspecified atom stereocenters. The van der Waals surface area contributed by atoms with Crippen LogP contribution in [-0.4, -0.2) is 98.2 Å². The standard InChI is InChI=1S/C21H39N5O2/c1-17(2)16-26-9-5-4-7-18(26)15-23-21(22-3)25-12-10-24(11-13-25)20(27)19-8-6-14-28-19/h17-19H,4-16H2,1-3H3,(H,22,23). The van der Waals surface area contributed by atoms with E-state index in [1.807, 2.05) is 11.9 Å². The van der Waals surface area contributed by atoms with Crippen LogP contribution in [0.2, 0.25) is 0 Å². The molecule has 0 aromatic carbocycles. The van der Waals surface area contributed by atoms with Gasteiger partial charge in [-0.1, -0.05) is 20.3 Å². The lowest BCUT2D eigenvalue weighted by atomic mass is 10.0. The predicted octanol–water partition coefficient (Wildman–Crippen LogP) is 1.40. The van der Waals surface area contributed by atoms with Crippen LogP contribution < -0.4 is 5.32 Å². The Labute approximate surface area is 170 Å². The number of likely N-dealkylation sites (tertiary alicyclic amines) is 1. The van der Waals surface area contributed by atoms with Gasteiger partial charge in [-0.25, -0.2) is 0 Å². The number of hydrogen-bond acceptors (Lipinski definition) is 4. The van der Waals surface area contributed by atoms with Crippen LogP contribution >= 0.6 is 0 Å². The Morgan fingerprint density at radius 1 is 1.07 bits per heavy atom. The van der Waals surface area contributed by atoms with Gasteiger partial charge < -0.3 is 19.9 Å². The molecule has 0 aliphatic carbocycles. The molecule has 3 fully saturated rings. The van der Waals surface area contributed by atoms with Gasteiger partial charge >= 0.3 is 0 Å². The minimum Gasteiger partial charge on any atom is -0.368 e. The maximum Gasteiger partial charge on any atom is 0.251 e. The minimum absolute atomic E-state index is 0.173. The maximum atomic E-state index is 12.5. The van der Waals surface area contributed by atoms with Gasteiger partial charge in [-0.3, -0.25) is 14.7 Å². The van der Waals surface area contributed by atoms with Gasteiger partial charge in [0.15, 0.2) is 5.96 Å². The zero-order valence-corrected chi connectivity index (χ0v) is 18.0. The zero-order chi connectivity index (χ0) is 19.9. The quantitative estimate of drug-likeness (QED) is 0.565. The largest absolute Gasteiger partial charge is 0.368 e. The fourth-order valence-corrected chi connectivity index (χ4v) is 4.66. The molecule has 3 saturated heterocycles. The van der Waals surface area contributed by atoms with Crippen LogP contribution in [0, 0.1) is 5.92 Å². The van der Waals surface area contributed by atoms with E-state index in [2.05, 4.69) is 34.0 Å². The highest BCUT2D eigenvalue weighted by Crippen LogP contribution is 2.18. The fraction of sp³-hybridized carbons (Fsp3) is 0.905. The van der Waals surface area contributed by atoms with Gasteiger partial charge in [0.1, 0.15) is 6.10 Å². The first kappa shape index (κ1) is 21.4. The van der Waals surface area contributed by atoms with Crippen molar-refractivity contribution in [3.8, 4) is 0 Å². The van der Waals surface area contributed by atoms with E-state index >= 15 is 0 Å². The summed E-state index contributed by atoms with van der Waals surface area (Å²) in [5, 5.41) is 3.62. The molecule has 160 valence electrons. The summed E-state index contributed by atoms with van der Waals surface area (Å²) in [6.45, 7) is 11.8. The molecule has 0 bridgehead atoms. The van der Waals surface area contributed by atoms with Crippen LogP contribution in [0.5, 0.6) is 0 Å². The first-order valence-electron chi connectivity index (χ1n) is 11.2. The number of guanidine groups is 1. The summed E-state index contributed by atoms with van der Waals surface area (Å²) in [6, 6.07) is 0.593. The predicted molar refractivity (Wildman–Crippen MR) is 113 cm³/mol. The molecule has 0 spiro atoms. The van der Waals surface area contributed by atoms with Crippen molar-refractivity contribution in [3.63, 3.8) is 0 Å². The highest BCUT2D eigenvalue weighted by molar-refractivity contribution is 5.82. The van der Waals surface area contributed by atoms with E-state index in [1.54, 1.807) is 0 Å². The van der Waals surface area contributed by atoms with Crippen molar-refractivity contribution in [2.45, 2.75) is 58.1 Å². The Bertz CT molecular complexity index is 525. The molecule has 1 N–H and O–H groups in total. The van der Waals surface area contributed by atoms with E-state index in [0.29, 0.717) is 12.0 Å². The van der Waals surface area contributed by atoms with Gasteiger partial charge in [-0.2, -0.15) is 0 Å². The van der Waals surface area contributed by atoms with E-state index < -0.39 is 0 Å². The molecule has 0 aromatic heterocycles. The second-order valence-electron chi connectivity index (χ2n) is 8.78. The number of carbonyl (C=O) groups is 1. The highest BCUT2D eigenvalue weighted by Gasteiger charge is 2.31. The van der Waals surface area contributed by atoms with Crippen molar-refractivity contribution in [2.24, 2.45) is 10.9 Å². The van der Waals surface area contributed by atoms with Gasteiger partial charge in [-0.15, -0.1) is 0 Å². The third-order valence-electron chi connectivity index (χ3n) is 6.15. The summed E-state index contributed by atoms with van der Waals surface area (Å²) in [4.78, 5) is 23.9. The van der Waals surface area contributed by atoms with Crippen LogP contribution in [-0.2, 0) is 9.53 Å². The molecule has 28 heavy (non-hydrogen) atoms. The van der Waals surface area contributed by atoms with Crippen LogP contribution in [0.25, 0.3) is 0 Å². The number of nitrogens with zero attached hydrogens (tertiary/aromatic N) is 4. The van der Waals surface area contributed by atoms with Crippen LogP contribution in [0.1, 0.15) is 46.0 Å². The summed E-state index contributed by atoms with van der Waals surface area (Å²) >= 11 is 0. The lowest BCUT2D eigenvalue weighted by Crippen LogP contribution is -2.57. The third kappa shape index (κ3) is 5.60. The lowest BCUT2D eigenvalue weighted by Gasteiger charge is -2.39. The van der Waals surface area contributed by atoms with E-state index in [4.69, 9.17) is 4.74 Å². The molecule has 3 aliphatic rings. The van der Waals surface area contributed by atoms with Gasteiger partial charge in [-0.05, 0) is 38.1 Å². The number of hydrogen-bond donors (Lipinski definition) is 1. The van der Waals surface area contributed by atoms with Crippen molar-refractivity contribution in [1.29, 1.82) is 0 Å². The maximum absolute atomic E-state index is 12.5. The molecular formula is C21H39N5O2. The fourth-order valence-electron chi connectivity index (χ4n) is 4.66. The topological polar surface area (TPSA) is 60.4 Å². The molecule has 0 aromatic rings. The Morgan fingerprint density at radius 3 is 2.46 bits per heavy atom. The molecule has 7 heteroatoms. The number of nitrogens with one attached hydrogen (secondary N) is 1. The van der Waals surface area contributed by atoms with Gasteiger partial charge in [0, 0.05) is 59.0 Å². The Hall–Kier alpha value is -1.34. The number of aliphatic imine (C=N–C) groups is 1. The van der Waals surface area contributed by atoms with Crippen molar-refractivity contribution < 1.29 is 9.53 Å². The molecule has 3 heterocycles. The molecule has 3 aliphatic heterocycles. The van der Waals surface area contributed by atoms with Crippen LogP contribution in [0.15, 0.2) is 4.99 Å². The molecule has 2 atom stereocenters. The number of piperazine rings is 1. The summed E-state index contributed by atoms with van der Waals surface area (Å²) in [7, 11) is 1.86. The SMILES string of the molecule is CN=C(NCC1CCCCN1CC(C)C)N1CCN(C(=O)C2CCCO2)CC1. The summed E-state index contributed by atoms with van der Waals surface area (Å²) in [5.74, 6) is 1.85. The molecule has 3 rings (SSSR count).